The number of hydrogen-bond acceptors (Lipinski definition) is 6. The fourth-order valence-electron chi connectivity index (χ4n) is 3.55. The van der Waals surface area contributed by atoms with Crippen LogP contribution in [0.15, 0.2) is 46.7 Å². The molecule has 0 radical (unpaired) electrons. The Balaban J connectivity index is 1.49. The lowest BCUT2D eigenvalue weighted by Gasteiger charge is -2.34. The fourth-order valence-corrected chi connectivity index (χ4v) is 6.28. The molecule has 0 N–H and O–H groups in total. The normalized spacial score (nSPS) is 15.3. The van der Waals surface area contributed by atoms with E-state index in [9.17, 15) is 8.42 Å². The van der Waals surface area contributed by atoms with Crippen LogP contribution in [0.1, 0.15) is 11.1 Å². The molecule has 6 nitrogen and oxygen atoms in total. The van der Waals surface area contributed by atoms with Gasteiger partial charge in [0.25, 0.3) is 0 Å². The van der Waals surface area contributed by atoms with Gasteiger partial charge in [0.05, 0.1) is 12.8 Å². The van der Waals surface area contributed by atoms with Gasteiger partial charge in [0.2, 0.25) is 10.0 Å². The summed E-state index contributed by atoms with van der Waals surface area (Å²) in [5.41, 5.74) is 4.54. The van der Waals surface area contributed by atoms with E-state index < -0.39 is 10.0 Å². The summed E-state index contributed by atoms with van der Waals surface area (Å²) in [6, 6.07) is 11.0. The van der Waals surface area contributed by atoms with Crippen LogP contribution in [0.2, 0.25) is 5.02 Å². The molecule has 0 bridgehead atoms. The second-order valence-electron chi connectivity index (χ2n) is 7.50. The number of aromatic nitrogens is 1. The third-order valence-electron chi connectivity index (χ3n) is 5.55. The highest BCUT2D eigenvalue weighted by atomic mass is 35.5. The molecule has 0 saturated carbocycles. The molecule has 0 aliphatic carbocycles. The van der Waals surface area contributed by atoms with E-state index in [0.717, 1.165) is 16.4 Å². The van der Waals surface area contributed by atoms with Crippen molar-refractivity contribution >= 4 is 38.1 Å². The molecule has 2 heterocycles. The van der Waals surface area contributed by atoms with Crippen LogP contribution in [0.4, 0.5) is 5.13 Å². The van der Waals surface area contributed by atoms with E-state index in [1.165, 1.54) is 28.6 Å². The first-order valence-electron chi connectivity index (χ1n) is 9.91. The summed E-state index contributed by atoms with van der Waals surface area (Å²) in [6.45, 7) is 6.08. The highest BCUT2D eigenvalue weighted by Gasteiger charge is 2.31. The number of halogens is 1. The molecular formula is C22H24ClN3O3S2. The lowest BCUT2D eigenvalue weighted by atomic mass is 10.1. The lowest BCUT2D eigenvalue weighted by molar-refractivity contribution is 0.374. The number of ether oxygens (including phenoxy) is 1. The van der Waals surface area contributed by atoms with Crippen molar-refractivity contribution < 1.29 is 13.2 Å². The van der Waals surface area contributed by atoms with Gasteiger partial charge in [0, 0.05) is 42.1 Å². The molecule has 0 spiro atoms. The van der Waals surface area contributed by atoms with Gasteiger partial charge in [-0.05, 0) is 49.2 Å². The maximum atomic E-state index is 13.2. The molecule has 4 rings (SSSR count). The van der Waals surface area contributed by atoms with Gasteiger partial charge < -0.3 is 9.64 Å². The van der Waals surface area contributed by atoms with E-state index >= 15 is 0 Å². The van der Waals surface area contributed by atoms with Crippen LogP contribution in [0, 0.1) is 13.8 Å². The number of nitrogens with zero attached hydrogens (tertiary/aromatic N) is 3. The van der Waals surface area contributed by atoms with Crippen molar-refractivity contribution in [2.75, 3.05) is 38.2 Å². The second-order valence-corrected chi connectivity index (χ2v) is 10.7. The highest BCUT2D eigenvalue weighted by Crippen LogP contribution is 2.32. The molecule has 1 fully saturated rings. The second kappa shape index (κ2) is 8.78. The first kappa shape index (κ1) is 22.1. The van der Waals surface area contributed by atoms with Crippen LogP contribution < -0.4 is 9.64 Å². The van der Waals surface area contributed by atoms with Crippen molar-refractivity contribution in [1.29, 1.82) is 0 Å². The van der Waals surface area contributed by atoms with E-state index in [-0.39, 0.29) is 4.90 Å². The van der Waals surface area contributed by atoms with E-state index in [2.05, 4.69) is 42.3 Å². The molecule has 3 aromatic rings. The molecule has 0 unspecified atom stereocenters. The summed E-state index contributed by atoms with van der Waals surface area (Å²) >= 11 is 7.62. The van der Waals surface area contributed by atoms with E-state index in [0.29, 0.717) is 37.0 Å². The molecule has 9 heteroatoms. The van der Waals surface area contributed by atoms with Crippen LogP contribution in [0.3, 0.4) is 0 Å². The van der Waals surface area contributed by atoms with Crippen LogP contribution in [-0.2, 0) is 10.0 Å². The van der Waals surface area contributed by atoms with Crippen LogP contribution in [0.5, 0.6) is 5.75 Å². The summed E-state index contributed by atoms with van der Waals surface area (Å²) in [5, 5.41) is 3.32. The van der Waals surface area contributed by atoms with Crippen molar-refractivity contribution in [1.82, 2.24) is 9.29 Å². The number of aryl methyl sites for hydroxylation is 2. The van der Waals surface area contributed by atoms with E-state index in [1.54, 1.807) is 23.5 Å². The topological polar surface area (TPSA) is 62.7 Å². The third-order valence-corrected chi connectivity index (χ3v) is 8.60. The van der Waals surface area contributed by atoms with Crippen molar-refractivity contribution in [2.45, 2.75) is 18.7 Å². The van der Waals surface area contributed by atoms with Crippen molar-refractivity contribution in [3.8, 4) is 17.0 Å². The quantitative estimate of drug-likeness (QED) is 0.537. The Morgan fingerprint density at radius 2 is 1.77 bits per heavy atom. The molecule has 164 valence electrons. The number of rotatable bonds is 5. The molecule has 1 aliphatic rings. The average molecular weight is 478 g/mol. The van der Waals surface area contributed by atoms with E-state index in [1.807, 2.05) is 0 Å². The molecule has 31 heavy (non-hydrogen) atoms. The first-order valence-corrected chi connectivity index (χ1v) is 12.6. The van der Waals surface area contributed by atoms with Gasteiger partial charge in [0.15, 0.2) is 5.13 Å². The molecule has 1 saturated heterocycles. The standard InChI is InChI=1S/C22H24ClN3O3S2/c1-15-4-5-17(12-16(15)2)19-14-30-22(24-19)25-8-10-26(11-9-25)31(27,28)21-13-18(23)6-7-20(21)29-3/h4-7,12-14H,8-11H2,1-3H3. The van der Waals surface area contributed by atoms with Crippen LogP contribution >= 0.6 is 22.9 Å². The number of hydrogen-bond donors (Lipinski definition) is 0. The summed E-state index contributed by atoms with van der Waals surface area (Å²) < 4.78 is 33.1. The van der Waals surface area contributed by atoms with Crippen LogP contribution in [0.25, 0.3) is 11.3 Å². The fraction of sp³-hybridized carbons (Fsp3) is 0.318. The molecule has 1 aromatic heterocycles. The molecule has 0 atom stereocenters. The van der Waals surface area contributed by atoms with E-state index in [4.69, 9.17) is 21.3 Å². The summed E-state index contributed by atoms with van der Waals surface area (Å²) in [7, 11) is -2.25. The first-order chi connectivity index (χ1) is 14.8. The summed E-state index contributed by atoms with van der Waals surface area (Å²) in [4.78, 5) is 7.03. The predicted octanol–water partition coefficient (Wildman–Crippen LogP) is 4.60. The number of sulfonamides is 1. The third kappa shape index (κ3) is 4.43. The van der Waals surface area contributed by atoms with Crippen molar-refractivity contribution in [2.24, 2.45) is 0 Å². The van der Waals surface area contributed by atoms with Gasteiger partial charge in [-0.15, -0.1) is 11.3 Å². The van der Waals surface area contributed by atoms with Gasteiger partial charge >= 0.3 is 0 Å². The van der Waals surface area contributed by atoms with Crippen molar-refractivity contribution in [3.05, 3.63) is 57.9 Å². The number of methoxy groups -OCH3 is 1. The zero-order valence-corrected chi connectivity index (χ0v) is 20.0. The maximum Gasteiger partial charge on any atom is 0.246 e. The minimum atomic E-state index is -3.70. The Morgan fingerprint density at radius 3 is 2.45 bits per heavy atom. The minimum Gasteiger partial charge on any atom is -0.495 e. The molecule has 1 aliphatic heterocycles. The molecule has 2 aromatic carbocycles. The monoisotopic (exact) mass is 477 g/mol. The maximum absolute atomic E-state index is 13.2. The Morgan fingerprint density at radius 1 is 1.03 bits per heavy atom. The van der Waals surface area contributed by atoms with Gasteiger partial charge in [-0.1, -0.05) is 23.7 Å². The largest absolute Gasteiger partial charge is 0.495 e. The van der Waals surface area contributed by atoms with Crippen molar-refractivity contribution in [3.63, 3.8) is 0 Å². The Labute approximate surface area is 192 Å². The van der Waals surface area contributed by atoms with Gasteiger partial charge in [-0.3, -0.25) is 0 Å². The zero-order valence-electron chi connectivity index (χ0n) is 17.6. The van der Waals surface area contributed by atoms with Gasteiger partial charge in [-0.25, -0.2) is 13.4 Å². The highest BCUT2D eigenvalue weighted by molar-refractivity contribution is 7.89. The molecule has 0 amide bonds. The van der Waals surface area contributed by atoms with Gasteiger partial charge in [0.1, 0.15) is 10.6 Å². The average Bonchev–Trinajstić information content (AvgIpc) is 3.26. The number of thiazole rings is 1. The summed E-state index contributed by atoms with van der Waals surface area (Å²) in [5.74, 6) is 0.296. The number of benzene rings is 2. The predicted molar refractivity (Wildman–Crippen MR) is 126 cm³/mol. The molecular weight excluding hydrogens is 454 g/mol. The van der Waals surface area contributed by atoms with Gasteiger partial charge in [-0.2, -0.15) is 4.31 Å². The minimum absolute atomic E-state index is 0.0993. The SMILES string of the molecule is COc1ccc(Cl)cc1S(=O)(=O)N1CCN(c2nc(-c3ccc(C)c(C)c3)cs2)CC1. The Hall–Kier alpha value is -2.13. The lowest BCUT2D eigenvalue weighted by Crippen LogP contribution is -2.48. The number of piperazine rings is 1. The van der Waals surface area contributed by atoms with Crippen LogP contribution in [-0.4, -0.2) is 51.0 Å². The Kier molecular flexibility index (Phi) is 6.25. The number of anilines is 1. The smallest absolute Gasteiger partial charge is 0.246 e. The summed E-state index contributed by atoms with van der Waals surface area (Å²) in [6.07, 6.45) is 0. The Bertz CT molecular complexity index is 1200. The zero-order chi connectivity index (χ0) is 22.2.